The highest BCUT2D eigenvalue weighted by Gasteiger charge is 2.18. The molecule has 3 rings (SSSR count). The third-order valence-corrected chi connectivity index (χ3v) is 3.97. The van der Waals surface area contributed by atoms with Gasteiger partial charge in [0.2, 0.25) is 0 Å². The molecule has 2 heterocycles. The molecule has 0 bridgehead atoms. The lowest BCUT2D eigenvalue weighted by molar-refractivity contribution is 0.178. The summed E-state index contributed by atoms with van der Waals surface area (Å²) >= 11 is 0. The van der Waals surface area contributed by atoms with E-state index in [9.17, 15) is 5.11 Å². The molecule has 0 fully saturated rings. The van der Waals surface area contributed by atoms with Crippen LogP contribution in [0.1, 0.15) is 22.8 Å². The van der Waals surface area contributed by atoms with Gasteiger partial charge in [0.05, 0.1) is 6.10 Å². The summed E-state index contributed by atoms with van der Waals surface area (Å²) in [6, 6.07) is 7.96. The molecule has 1 aliphatic rings. The van der Waals surface area contributed by atoms with Crippen LogP contribution in [0.15, 0.2) is 36.7 Å². The summed E-state index contributed by atoms with van der Waals surface area (Å²) in [4.78, 5) is 6.30. The number of hydrogen-bond donors (Lipinski definition) is 2. The summed E-state index contributed by atoms with van der Waals surface area (Å²) in [6.07, 6.45) is 4.38. The molecule has 0 spiro atoms. The van der Waals surface area contributed by atoms with Crippen molar-refractivity contribution in [3.63, 3.8) is 0 Å². The lowest BCUT2D eigenvalue weighted by atomic mass is 9.99. The van der Waals surface area contributed by atoms with E-state index in [0.717, 1.165) is 24.1 Å². The predicted octanol–water partition coefficient (Wildman–Crippen LogP) is 1.93. The molecule has 0 amide bonds. The number of aliphatic hydroxyl groups is 1. The predicted molar refractivity (Wildman–Crippen MR) is 80.7 cm³/mol. The van der Waals surface area contributed by atoms with Crippen molar-refractivity contribution in [1.82, 2.24) is 4.98 Å². The van der Waals surface area contributed by atoms with Gasteiger partial charge in [-0.1, -0.05) is 12.1 Å². The molecule has 1 atom stereocenters. The molecule has 4 heteroatoms. The molecule has 0 radical (unpaired) electrons. The molecule has 1 aliphatic heterocycles. The number of hydrogen-bond acceptors (Lipinski definition) is 4. The van der Waals surface area contributed by atoms with Gasteiger partial charge >= 0.3 is 0 Å². The number of pyridine rings is 1. The van der Waals surface area contributed by atoms with Gasteiger partial charge in [0, 0.05) is 43.8 Å². The summed E-state index contributed by atoms with van der Waals surface area (Å²) in [5.74, 6) is 0. The van der Waals surface area contributed by atoms with Crippen LogP contribution < -0.4 is 10.6 Å². The van der Waals surface area contributed by atoms with Crippen molar-refractivity contribution in [2.24, 2.45) is 0 Å². The van der Waals surface area contributed by atoms with Gasteiger partial charge in [-0.25, -0.2) is 0 Å². The number of anilines is 2. The quantitative estimate of drug-likeness (QED) is 0.894. The fourth-order valence-corrected chi connectivity index (χ4v) is 2.73. The first-order valence-corrected chi connectivity index (χ1v) is 6.85. The van der Waals surface area contributed by atoms with Crippen molar-refractivity contribution in [3.8, 4) is 0 Å². The van der Waals surface area contributed by atoms with E-state index in [0.29, 0.717) is 12.1 Å². The Balaban J connectivity index is 1.81. The maximum Gasteiger partial charge on any atom is 0.0831 e. The second-order valence-electron chi connectivity index (χ2n) is 5.35. The number of likely N-dealkylation sites (N-methyl/N-ethyl adjacent to an activating group) is 1. The first-order valence-electron chi connectivity index (χ1n) is 6.85. The monoisotopic (exact) mass is 269 g/mol. The molecular weight excluding hydrogens is 250 g/mol. The highest BCUT2D eigenvalue weighted by atomic mass is 16.3. The number of aliphatic hydroxyl groups excluding tert-OH is 1. The van der Waals surface area contributed by atoms with Crippen LogP contribution in [0.3, 0.4) is 0 Å². The SMILES string of the molecule is CN1CCc2cc(C(O)Cc3cnccc3N)ccc21. The summed E-state index contributed by atoms with van der Waals surface area (Å²) in [6.45, 7) is 1.05. The molecule has 0 saturated carbocycles. The summed E-state index contributed by atoms with van der Waals surface area (Å²) < 4.78 is 0. The molecule has 4 nitrogen and oxygen atoms in total. The van der Waals surface area contributed by atoms with Crippen LogP contribution in [-0.2, 0) is 12.8 Å². The van der Waals surface area contributed by atoms with E-state index in [1.54, 1.807) is 18.5 Å². The van der Waals surface area contributed by atoms with Crippen molar-refractivity contribution >= 4 is 11.4 Å². The standard InChI is InChI=1S/C16H19N3O/c1-19-7-5-11-8-12(2-3-15(11)19)16(20)9-13-10-18-6-4-14(13)17/h2-4,6,8,10,16,20H,5,7,9H2,1H3,(H2,17,18). The zero-order chi connectivity index (χ0) is 14.1. The van der Waals surface area contributed by atoms with E-state index in [2.05, 4.69) is 29.1 Å². The van der Waals surface area contributed by atoms with E-state index >= 15 is 0 Å². The third-order valence-electron chi connectivity index (χ3n) is 3.97. The molecule has 1 aromatic heterocycles. The van der Waals surface area contributed by atoms with E-state index in [1.807, 2.05) is 6.07 Å². The second-order valence-corrected chi connectivity index (χ2v) is 5.35. The Labute approximate surface area is 118 Å². The second kappa shape index (κ2) is 5.13. The number of nitrogen functional groups attached to an aromatic ring is 1. The van der Waals surface area contributed by atoms with E-state index in [-0.39, 0.29) is 0 Å². The van der Waals surface area contributed by atoms with Crippen LogP contribution >= 0.6 is 0 Å². The minimum atomic E-state index is -0.544. The first kappa shape index (κ1) is 12.9. The fourth-order valence-electron chi connectivity index (χ4n) is 2.73. The van der Waals surface area contributed by atoms with Crippen LogP contribution in [0.2, 0.25) is 0 Å². The van der Waals surface area contributed by atoms with Crippen LogP contribution in [0, 0.1) is 0 Å². The Morgan fingerprint density at radius 2 is 2.25 bits per heavy atom. The normalized spacial score (nSPS) is 15.2. The lowest BCUT2D eigenvalue weighted by Gasteiger charge is -2.15. The average molecular weight is 269 g/mol. The molecule has 0 saturated heterocycles. The fraction of sp³-hybridized carbons (Fsp3) is 0.312. The molecular formula is C16H19N3O. The lowest BCUT2D eigenvalue weighted by Crippen LogP contribution is -2.12. The molecule has 20 heavy (non-hydrogen) atoms. The zero-order valence-electron chi connectivity index (χ0n) is 11.6. The molecule has 2 aromatic rings. The smallest absolute Gasteiger partial charge is 0.0831 e. The van der Waals surface area contributed by atoms with Gasteiger partial charge in [-0.05, 0) is 35.2 Å². The maximum absolute atomic E-state index is 10.4. The van der Waals surface area contributed by atoms with Crippen molar-refractivity contribution < 1.29 is 5.11 Å². The number of nitrogens with zero attached hydrogens (tertiary/aromatic N) is 2. The zero-order valence-corrected chi connectivity index (χ0v) is 11.6. The third kappa shape index (κ3) is 2.34. The Bertz CT molecular complexity index is 627. The van der Waals surface area contributed by atoms with Gasteiger partial charge in [-0.2, -0.15) is 0 Å². The number of rotatable bonds is 3. The number of benzene rings is 1. The summed E-state index contributed by atoms with van der Waals surface area (Å²) in [5, 5.41) is 10.4. The minimum absolute atomic E-state index is 0.494. The van der Waals surface area contributed by atoms with Crippen LogP contribution in [-0.4, -0.2) is 23.7 Å². The average Bonchev–Trinajstić information content (AvgIpc) is 2.82. The Hall–Kier alpha value is -2.07. The summed E-state index contributed by atoms with van der Waals surface area (Å²) in [7, 11) is 2.10. The van der Waals surface area contributed by atoms with Gasteiger partial charge in [0.25, 0.3) is 0 Å². The molecule has 1 aromatic carbocycles. The van der Waals surface area contributed by atoms with Crippen molar-refractivity contribution in [3.05, 3.63) is 53.3 Å². The number of aromatic nitrogens is 1. The maximum atomic E-state index is 10.4. The Morgan fingerprint density at radius 3 is 3.05 bits per heavy atom. The van der Waals surface area contributed by atoms with Crippen LogP contribution in [0.4, 0.5) is 11.4 Å². The Kier molecular flexibility index (Phi) is 3.32. The van der Waals surface area contributed by atoms with E-state index in [1.165, 1.54) is 11.3 Å². The molecule has 1 unspecified atom stereocenters. The van der Waals surface area contributed by atoms with Gasteiger partial charge < -0.3 is 15.7 Å². The molecule has 104 valence electrons. The van der Waals surface area contributed by atoms with E-state index in [4.69, 9.17) is 5.73 Å². The van der Waals surface area contributed by atoms with Crippen LogP contribution in [0.5, 0.6) is 0 Å². The number of nitrogens with two attached hydrogens (primary N) is 1. The number of fused-ring (bicyclic) bond motifs is 1. The van der Waals surface area contributed by atoms with Gasteiger partial charge in [-0.15, -0.1) is 0 Å². The first-order chi connectivity index (χ1) is 9.65. The van der Waals surface area contributed by atoms with Gasteiger partial charge in [-0.3, -0.25) is 4.98 Å². The van der Waals surface area contributed by atoms with E-state index < -0.39 is 6.10 Å². The van der Waals surface area contributed by atoms with Crippen LogP contribution in [0.25, 0.3) is 0 Å². The topological polar surface area (TPSA) is 62.4 Å². The van der Waals surface area contributed by atoms with Crippen molar-refractivity contribution in [2.45, 2.75) is 18.9 Å². The van der Waals surface area contributed by atoms with Gasteiger partial charge in [0.15, 0.2) is 0 Å². The van der Waals surface area contributed by atoms with Gasteiger partial charge in [0.1, 0.15) is 0 Å². The highest BCUT2D eigenvalue weighted by Crippen LogP contribution is 2.30. The Morgan fingerprint density at radius 1 is 1.40 bits per heavy atom. The minimum Gasteiger partial charge on any atom is -0.398 e. The largest absolute Gasteiger partial charge is 0.398 e. The highest BCUT2D eigenvalue weighted by molar-refractivity contribution is 5.58. The molecule has 0 aliphatic carbocycles. The summed E-state index contributed by atoms with van der Waals surface area (Å²) in [5.41, 5.74) is 11.0. The van der Waals surface area contributed by atoms with Crippen molar-refractivity contribution in [2.75, 3.05) is 24.2 Å². The molecule has 3 N–H and O–H groups in total. The van der Waals surface area contributed by atoms with Crippen molar-refractivity contribution in [1.29, 1.82) is 0 Å².